The fraction of sp³-hybridized carbons (Fsp3) is 0.160. The van der Waals surface area contributed by atoms with Crippen molar-refractivity contribution < 1.29 is 22.4 Å². The number of rotatable bonds is 5. The second kappa shape index (κ2) is 8.95. The van der Waals surface area contributed by atoms with Crippen LogP contribution in [0.15, 0.2) is 61.2 Å². The Kier molecular flexibility index (Phi) is 5.81. The number of amides is 1. The third-order valence-electron chi connectivity index (χ3n) is 5.75. The number of H-pyrrole nitrogens is 1. The predicted octanol–water partition coefficient (Wildman–Crippen LogP) is 5.29. The summed E-state index contributed by atoms with van der Waals surface area (Å²) in [5.74, 6) is -0.917. The molecular formula is C25H19F4N5O. The molecule has 0 saturated heterocycles. The Hall–Kier alpha value is -4.05. The Labute approximate surface area is 197 Å². The van der Waals surface area contributed by atoms with Gasteiger partial charge in [-0.05, 0) is 53.1 Å². The fourth-order valence-corrected chi connectivity index (χ4v) is 4.22. The number of benzene rings is 2. The van der Waals surface area contributed by atoms with E-state index in [1.54, 1.807) is 36.4 Å². The summed E-state index contributed by atoms with van der Waals surface area (Å²) in [5, 5.41) is 2.72. The Morgan fingerprint density at radius 3 is 2.77 bits per heavy atom. The molecule has 1 aliphatic rings. The summed E-state index contributed by atoms with van der Waals surface area (Å²) >= 11 is 0. The summed E-state index contributed by atoms with van der Waals surface area (Å²) in [5.41, 5.74) is 4.24. The van der Waals surface area contributed by atoms with Crippen LogP contribution in [0.1, 0.15) is 16.7 Å². The van der Waals surface area contributed by atoms with Gasteiger partial charge in [0, 0.05) is 48.4 Å². The first-order chi connectivity index (χ1) is 16.8. The van der Waals surface area contributed by atoms with E-state index in [0.29, 0.717) is 27.9 Å². The topological polar surface area (TPSA) is 73.9 Å². The van der Waals surface area contributed by atoms with Crippen molar-refractivity contribution in [3.05, 3.63) is 83.7 Å². The van der Waals surface area contributed by atoms with Gasteiger partial charge in [-0.25, -0.2) is 9.37 Å². The molecule has 35 heavy (non-hydrogen) atoms. The van der Waals surface area contributed by atoms with E-state index >= 15 is 4.39 Å². The zero-order valence-electron chi connectivity index (χ0n) is 18.2. The zero-order chi connectivity index (χ0) is 24.6. The Balaban J connectivity index is 1.31. The molecule has 0 aliphatic carbocycles. The molecule has 0 atom stereocenters. The van der Waals surface area contributed by atoms with Crippen LogP contribution in [0.5, 0.6) is 0 Å². The van der Waals surface area contributed by atoms with Crippen molar-refractivity contribution in [2.75, 3.05) is 11.9 Å². The van der Waals surface area contributed by atoms with Crippen LogP contribution in [-0.4, -0.2) is 38.5 Å². The number of fused-ring (bicyclic) bond motifs is 2. The van der Waals surface area contributed by atoms with Crippen LogP contribution in [0, 0.1) is 5.82 Å². The molecule has 0 unspecified atom stereocenters. The number of nitrogens with one attached hydrogen (secondary N) is 2. The van der Waals surface area contributed by atoms with Gasteiger partial charge >= 0.3 is 6.18 Å². The number of aromatic nitrogens is 3. The molecule has 5 rings (SSSR count). The average Bonchev–Trinajstić information content (AvgIpc) is 3.44. The van der Waals surface area contributed by atoms with Crippen molar-refractivity contribution in [1.29, 1.82) is 0 Å². The number of pyridine rings is 1. The maximum absolute atomic E-state index is 15.0. The molecule has 1 amide bonds. The number of nitrogens with zero attached hydrogens (tertiary/aromatic N) is 3. The minimum absolute atomic E-state index is 0.166. The van der Waals surface area contributed by atoms with Gasteiger partial charge in [-0.3, -0.25) is 14.7 Å². The molecule has 0 radical (unpaired) electrons. The van der Waals surface area contributed by atoms with Crippen molar-refractivity contribution in [2.45, 2.75) is 19.3 Å². The Morgan fingerprint density at radius 1 is 1.11 bits per heavy atom. The van der Waals surface area contributed by atoms with Crippen LogP contribution in [0.25, 0.3) is 28.2 Å². The van der Waals surface area contributed by atoms with Gasteiger partial charge in [0.1, 0.15) is 5.52 Å². The minimum Gasteiger partial charge on any atom is -0.345 e. The second-order valence-electron chi connectivity index (χ2n) is 8.26. The lowest BCUT2D eigenvalue weighted by atomic mass is 10.00. The summed E-state index contributed by atoms with van der Waals surface area (Å²) in [4.78, 5) is 24.8. The smallest absolute Gasteiger partial charge is 0.345 e. The molecule has 0 saturated carbocycles. The summed E-state index contributed by atoms with van der Waals surface area (Å²) in [6.45, 7) is -0.597. The number of hydrogen-bond donors (Lipinski definition) is 2. The van der Waals surface area contributed by atoms with Crippen molar-refractivity contribution in [3.63, 3.8) is 0 Å². The lowest BCUT2D eigenvalue weighted by Gasteiger charge is -2.16. The van der Waals surface area contributed by atoms with E-state index in [-0.39, 0.29) is 18.6 Å². The number of carbonyl (C=O) groups is 1. The Morgan fingerprint density at radius 2 is 1.94 bits per heavy atom. The van der Waals surface area contributed by atoms with E-state index in [4.69, 9.17) is 0 Å². The highest BCUT2D eigenvalue weighted by molar-refractivity contribution is 6.02. The van der Waals surface area contributed by atoms with E-state index in [1.165, 1.54) is 35.8 Å². The van der Waals surface area contributed by atoms with Gasteiger partial charge in [-0.2, -0.15) is 13.2 Å². The van der Waals surface area contributed by atoms with Crippen LogP contribution in [0.2, 0.25) is 0 Å². The van der Waals surface area contributed by atoms with Crippen LogP contribution in [0.4, 0.5) is 23.2 Å². The third kappa shape index (κ3) is 4.92. The highest BCUT2D eigenvalue weighted by Gasteiger charge is 2.33. The van der Waals surface area contributed by atoms with Gasteiger partial charge < -0.3 is 10.3 Å². The highest BCUT2D eigenvalue weighted by Crippen LogP contribution is 2.31. The van der Waals surface area contributed by atoms with Crippen molar-refractivity contribution >= 4 is 28.7 Å². The summed E-state index contributed by atoms with van der Waals surface area (Å²) in [7, 11) is 0. The molecule has 2 aromatic heterocycles. The highest BCUT2D eigenvalue weighted by atomic mass is 19.4. The predicted molar refractivity (Wildman–Crippen MR) is 124 cm³/mol. The van der Waals surface area contributed by atoms with E-state index in [2.05, 4.69) is 20.3 Å². The van der Waals surface area contributed by atoms with Crippen LogP contribution in [-0.2, 0) is 17.9 Å². The lowest BCUT2D eigenvalue weighted by Crippen LogP contribution is -2.29. The first-order valence-electron chi connectivity index (χ1n) is 10.7. The standard InChI is InChI=1S/C25H19F4N5O/c26-23-20(4-5-21-24(23)32-14-31-21)19-7-8-30-10-15(19)2-6-22(35)33-18-3-1-16-11-34(12-17(16)9-18)13-25(27,28)29/h1-10,14H,11-13H2,(H,31,32)(H,33,35)/b6-2+. The number of alkyl halides is 3. The molecule has 1 aliphatic heterocycles. The molecule has 2 aromatic carbocycles. The summed E-state index contributed by atoms with van der Waals surface area (Å²) in [6, 6.07) is 10.1. The molecule has 0 bridgehead atoms. The fourth-order valence-electron chi connectivity index (χ4n) is 4.22. The molecule has 0 spiro atoms. The molecule has 10 heteroatoms. The molecule has 6 nitrogen and oxygen atoms in total. The molecule has 3 heterocycles. The first-order valence-corrected chi connectivity index (χ1v) is 10.7. The molecule has 4 aromatic rings. The quantitative estimate of drug-likeness (QED) is 0.300. The largest absolute Gasteiger partial charge is 0.401 e. The van der Waals surface area contributed by atoms with E-state index < -0.39 is 24.4 Å². The molecule has 2 N–H and O–H groups in total. The maximum atomic E-state index is 15.0. The third-order valence-corrected chi connectivity index (χ3v) is 5.75. The van der Waals surface area contributed by atoms with Gasteiger partial charge in [0.15, 0.2) is 5.82 Å². The van der Waals surface area contributed by atoms with Crippen LogP contribution < -0.4 is 5.32 Å². The van der Waals surface area contributed by atoms with Gasteiger partial charge in [0.25, 0.3) is 0 Å². The number of imidazole rings is 1. The van der Waals surface area contributed by atoms with Gasteiger partial charge in [0.2, 0.25) is 5.91 Å². The van der Waals surface area contributed by atoms with Crippen molar-refractivity contribution in [1.82, 2.24) is 19.9 Å². The maximum Gasteiger partial charge on any atom is 0.401 e. The van der Waals surface area contributed by atoms with E-state index in [0.717, 1.165) is 11.1 Å². The van der Waals surface area contributed by atoms with Crippen molar-refractivity contribution in [2.24, 2.45) is 0 Å². The lowest BCUT2D eigenvalue weighted by molar-refractivity contribution is -0.147. The van der Waals surface area contributed by atoms with Gasteiger partial charge in [-0.1, -0.05) is 6.07 Å². The summed E-state index contributed by atoms with van der Waals surface area (Å²) < 4.78 is 53.1. The Bertz CT molecular complexity index is 1440. The molecular weight excluding hydrogens is 462 g/mol. The minimum atomic E-state index is -4.26. The number of aromatic amines is 1. The summed E-state index contributed by atoms with van der Waals surface area (Å²) in [6.07, 6.45) is 3.05. The first kappa shape index (κ1) is 22.7. The SMILES string of the molecule is O=C(/C=C/c1cnccc1-c1ccc2[nH]cnc2c1F)Nc1ccc2c(c1)CN(CC(F)(F)F)C2. The van der Waals surface area contributed by atoms with Crippen molar-refractivity contribution in [3.8, 4) is 11.1 Å². The van der Waals surface area contributed by atoms with E-state index in [9.17, 15) is 18.0 Å². The average molecular weight is 481 g/mol. The monoisotopic (exact) mass is 481 g/mol. The number of halogens is 4. The van der Waals surface area contributed by atoms with Crippen LogP contribution in [0.3, 0.4) is 0 Å². The number of hydrogen-bond acceptors (Lipinski definition) is 4. The van der Waals surface area contributed by atoms with E-state index in [1.807, 2.05) is 0 Å². The van der Waals surface area contributed by atoms with Gasteiger partial charge in [0.05, 0.1) is 18.4 Å². The number of carbonyl (C=O) groups excluding carboxylic acids is 1. The zero-order valence-corrected chi connectivity index (χ0v) is 18.2. The van der Waals surface area contributed by atoms with Crippen LogP contribution >= 0.6 is 0 Å². The second-order valence-corrected chi connectivity index (χ2v) is 8.26. The molecule has 0 fully saturated rings. The van der Waals surface area contributed by atoms with Gasteiger partial charge in [-0.15, -0.1) is 0 Å². The number of anilines is 1. The molecule has 178 valence electrons. The normalized spacial score (nSPS) is 14.1.